The molecule has 0 saturated heterocycles. The molecule has 2 rings (SSSR count). The molecule has 17 heavy (non-hydrogen) atoms. The highest BCUT2D eigenvalue weighted by molar-refractivity contribution is 7.11. The topological polar surface area (TPSA) is 75.4 Å². The monoisotopic (exact) mass is 252 g/mol. The van der Waals surface area contributed by atoms with Crippen LogP contribution in [0.3, 0.4) is 0 Å². The zero-order valence-corrected chi connectivity index (χ0v) is 10.1. The van der Waals surface area contributed by atoms with Gasteiger partial charge in [-0.2, -0.15) is 0 Å². The van der Waals surface area contributed by atoms with Gasteiger partial charge in [-0.3, -0.25) is 0 Å². The van der Waals surface area contributed by atoms with Crippen molar-refractivity contribution in [3.8, 4) is 0 Å². The van der Waals surface area contributed by atoms with Crippen LogP contribution in [0, 0.1) is 6.92 Å². The van der Waals surface area contributed by atoms with E-state index in [1.807, 2.05) is 13.1 Å². The van der Waals surface area contributed by atoms with E-state index in [0.717, 1.165) is 9.88 Å². The molecule has 0 radical (unpaired) electrons. The largest absolute Gasteiger partial charge is 0.478 e. The van der Waals surface area contributed by atoms with Crippen LogP contribution in [0.15, 0.2) is 22.9 Å². The first-order chi connectivity index (χ1) is 8.15. The Bertz CT molecular complexity index is 518. The lowest BCUT2D eigenvalue weighted by molar-refractivity contribution is 0.0696. The van der Waals surface area contributed by atoms with Crippen LogP contribution in [-0.2, 0) is 13.1 Å². The molecule has 0 aliphatic rings. The fraction of sp³-hybridized carbons (Fsp3) is 0.273. The number of nitrogens with one attached hydrogen (secondary N) is 1. The van der Waals surface area contributed by atoms with Crippen molar-refractivity contribution in [2.24, 2.45) is 0 Å². The average molecular weight is 252 g/mol. The Morgan fingerprint density at radius 2 is 2.41 bits per heavy atom. The zero-order valence-electron chi connectivity index (χ0n) is 9.27. The van der Waals surface area contributed by atoms with Crippen LogP contribution in [0.1, 0.15) is 26.0 Å². The molecule has 0 fully saturated rings. The van der Waals surface area contributed by atoms with Gasteiger partial charge in [0.25, 0.3) is 0 Å². The maximum atomic E-state index is 10.6. The highest BCUT2D eigenvalue weighted by Crippen LogP contribution is 2.12. The minimum Gasteiger partial charge on any atom is -0.478 e. The van der Waals surface area contributed by atoms with E-state index in [2.05, 4.69) is 10.3 Å². The summed E-state index contributed by atoms with van der Waals surface area (Å²) in [6, 6.07) is 1.52. The Morgan fingerprint density at radius 1 is 1.59 bits per heavy atom. The molecular weight excluding hydrogens is 240 g/mol. The molecule has 0 bridgehead atoms. The molecular formula is C11H12N2O3S. The maximum Gasteiger partial charge on any atom is 0.338 e. The first-order valence-corrected chi connectivity index (χ1v) is 5.89. The third-order valence-corrected chi connectivity index (χ3v) is 3.08. The Morgan fingerprint density at radius 3 is 3.00 bits per heavy atom. The van der Waals surface area contributed by atoms with Crippen molar-refractivity contribution in [3.63, 3.8) is 0 Å². The van der Waals surface area contributed by atoms with Crippen LogP contribution in [0.2, 0.25) is 0 Å². The normalized spacial score (nSPS) is 10.6. The summed E-state index contributed by atoms with van der Waals surface area (Å²) in [5.74, 6) is -0.360. The van der Waals surface area contributed by atoms with Crippen LogP contribution in [0.4, 0.5) is 0 Å². The van der Waals surface area contributed by atoms with Gasteiger partial charge in [0, 0.05) is 17.6 Å². The standard InChI is InChI=1S/C11H12N2O3S/c1-7-13-5-10(17-7)4-12-3-9-2-8(6-16-9)11(14)15/h2,5-6,12H,3-4H2,1H3,(H,14,15). The average Bonchev–Trinajstić information content (AvgIpc) is 2.88. The van der Waals surface area contributed by atoms with E-state index in [1.165, 1.54) is 12.3 Å². The first kappa shape index (κ1) is 11.8. The number of aryl methyl sites for hydroxylation is 1. The number of hydrogen-bond donors (Lipinski definition) is 2. The van der Waals surface area contributed by atoms with Gasteiger partial charge in [0.05, 0.1) is 17.1 Å². The molecule has 0 saturated carbocycles. The SMILES string of the molecule is Cc1ncc(CNCc2cc(C(=O)O)co2)s1. The molecule has 0 spiro atoms. The van der Waals surface area contributed by atoms with Crippen molar-refractivity contribution < 1.29 is 14.3 Å². The number of furan rings is 1. The Labute approximate surface area is 102 Å². The van der Waals surface area contributed by atoms with E-state index in [1.54, 1.807) is 11.3 Å². The van der Waals surface area contributed by atoms with E-state index in [0.29, 0.717) is 18.8 Å². The van der Waals surface area contributed by atoms with Gasteiger partial charge in [0.2, 0.25) is 0 Å². The van der Waals surface area contributed by atoms with Gasteiger partial charge in [0.1, 0.15) is 12.0 Å². The summed E-state index contributed by atoms with van der Waals surface area (Å²) in [6.45, 7) is 3.17. The molecule has 6 heteroatoms. The van der Waals surface area contributed by atoms with Crippen molar-refractivity contribution in [1.82, 2.24) is 10.3 Å². The van der Waals surface area contributed by atoms with Crippen molar-refractivity contribution in [2.75, 3.05) is 0 Å². The summed E-state index contributed by atoms with van der Waals surface area (Å²) >= 11 is 1.63. The molecule has 2 heterocycles. The molecule has 0 aromatic carbocycles. The van der Waals surface area contributed by atoms with E-state index in [-0.39, 0.29) is 5.56 Å². The number of nitrogens with zero attached hydrogens (tertiary/aromatic N) is 1. The Hall–Kier alpha value is -1.66. The summed E-state index contributed by atoms with van der Waals surface area (Å²) < 4.78 is 5.11. The quantitative estimate of drug-likeness (QED) is 0.851. The summed E-state index contributed by atoms with van der Waals surface area (Å²) in [7, 11) is 0. The minimum absolute atomic E-state index is 0.176. The highest BCUT2D eigenvalue weighted by Gasteiger charge is 2.07. The first-order valence-electron chi connectivity index (χ1n) is 5.08. The molecule has 0 amide bonds. The van der Waals surface area contributed by atoms with E-state index >= 15 is 0 Å². The van der Waals surface area contributed by atoms with Gasteiger partial charge >= 0.3 is 5.97 Å². The molecule has 0 aliphatic heterocycles. The number of hydrogen-bond acceptors (Lipinski definition) is 5. The van der Waals surface area contributed by atoms with E-state index in [9.17, 15) is 4.79 Å². The molecule has 5 nitrogen and oxygen atoms in total. The summed E-state index contributed by atoms with van der Waals surface area (Å²) in [5, 5.41) is 12.9. The van der Waals surface area contributed by atoms with Gasteiger partial charge in [-0.15, -0.1) is 11.3 Å². The van der Waals surface area contributed by atoms with Crippen molar-refractivity contribution >= 4 is 17.3 Å². The van der Waals surface area contributed by atoms with Crippen LogP contribution in [0.25, 0.3) is 0 Å². The van der Waals surface area contributed by atoms with Gasteiger partial charge in [-0.25, -0.2) is 9.78 Å². The second-order valence-corrected chi connectivity index (χ2v) is 4.88. The third-order valence-electron chi connectivity index (χ3n) is 2.17. The molecule has 0 atom stereocenters. The van der Waals surface area contributed by atoms with Gasteiger partial charge in [-0.05, 0) is 13.0 Å². The fourth-order valence-corrected chi connectivity index (χ4v) is 2.15. The highest BCUT2D eigenvalue weighted by atomic mass is 32.1. The van der Waals surface area contributed by atoms with Crippen molar-refractivity contribution in [2.45, 2.75) is 20.0 Å². The summed E-state index contributed by atoms with van der Waals surface area (Å²) in [5.41, 5.74) is 0.176. The minimum atomic E-state index is -0.974. The van der Waals surface area contributed by atoms with Crippen LogP contribution >= 0.6 is 11.3 Å². The number of carbonyl (C=O) groups is 1. The number of rotatable bonds is 5. The summed E-state index contributed by atoms with van der Waals surface area (Å²) in [6.07, 6.45) is 3.08. The predicted octanol–water partition coefficient (Wildman–Crippen LogP) is 2.03. The smallest absolute Gasteiger partial charge is 0.338 e. The lowest BCUT2D eigenvalue weighted by Gasteiger charge is -1.98. The molecule has 0 aliphatic carbocycles. The van der Waals surface area contributed by atoms with Crippen LogP contribution in [-0.4, -0.2) is 16.1 Å². The maximum absolute atomic E-state index is 10.6. The Kier molecular flexibility index (Phi) is 3.55. The Balaban J connectivity index is 1.83. The number of aromatic carboxylic acids is 1. The van der Waals surface area contributed by atoms with E-state index < -0.39 is 5.97 Å². The van der Waals surface area contributed by atoms with Crippen LogP contribution in [0.5, 0.6) is 0 Å². The summed E-state index contributed by atoms with van der Waals surface area (Å²) in [4.78, 5) is 15.9. The van der Waals surface area contributed by atoms with Crippen LogP contribution < -0.4 is 5.32 Å². The lowest BCUT2D eigenvalue weighted by Crippen LogP contribution is -2.11. The van der Waals surface area contributed by atoms with Gasteiger partial charge in [-0.1, -0.05) is 0 Å². The number of aromatic nitrogens is 1. The zero-order chi connectivity index (χ0) is 12.3. The second-order valence-electron chi connectivity index (χ2n) is 3.56. The second kappa shape index (κ2) is 5.11. The molecule has 2 aromatic heterocycles. The van der Waals surface area contributed by atoms with Crippen molar-refractivity contribution in [3.05, 3.63) is 39.7 Å². The third kappa shape index (κ3) is 3.15. The number of carboxylic acids is 1. The molecule has 2 N–H and O–H groups in total. The van der Waals surface area contributed by atoms with Gasteiger partial charge in [0.15, 0.2) is 0 Å². The van der Waals surface area contributed by atoms with Gasteiger partial charge < -0.3 is 14.8 Å². The molecule has 2 aromatic rings. The number of thiazole rings is 1. The number of carboxylic acid groups (broad SMARTS) is 1. The van der Waals surface area contributed by atoms with E-state index in [4.69, 9.17) is 9.52 Å². The fourth-order valence-electron chi connectivity index (χ4n) is 1.38. The molecule has 0 unspecified atom stereocenters. The molecule has 90 valence electrons. The lowest BCUT2D eigenvalue weighted by atomic mass is 10.3. The van der Waals surface area contributed by atoms with Crippen molar-refractivity contribution in [1.29, 1.82) is 0 Å². The predicted molar refractivity (Wildman–Crippen MR) is 63.1 cm³/mol.